The molecule has 4 rings (SSSR count). The van der Waals surface area contributed by atoms with Crippen LogP contribution in [0.25, 0.3) is 11.0 Å². The minimum atomic E-state index is -0.450. The zero-order valence-corrected chi connectivity index (χ0v) is 16.6. The van der Waals surface area contributed by atoms with Crippen LogP contribution in [0.15, 0.2) is 44.9 Å². The molecule has 29 heavy (non-hydrogen) atoms. The fourth-order valence-electron chi connectivity index (χ4n) is 3.04. The van der Waals surface area contributed by atoms with E-state index >= 15 is 0 Å². The lowest BCUT2D eigenvalue weighted by atomic mass is 10.2. The van der Waals surface area contributed by atoms with Gasteiger partial charge in [0, 0.05) is 36.9 Å². The van der Waals surface area contributed by atoms with Crippen LogP contribution in [-0.2, 0) is 18.9 Å². The third-order valence-corrected chi connectivity index (χ3v) is 5.55. The molecule has 1 amide bonds. The van der Waals surface area contributed by atoms with Gasteiger partial charge in [0.15, 0.2) is 11.5 Å². The molecule has 9 nitrogen and oxygen atoms in total. The van der Waals surface area contributed by atoms with Crippen LogP contribution in [0.5, 0.6) is 11.5 Å². The van der Waals surface area contributed by atoms with Crippen LogP contribution in [-0.4, -0.2) is 39.0 Å². The number of ether oxygens (including phenoxy) is 2. The van der Waals surface area contributed by atoms with E-state index in [1.807, 2.05) is 0 Å². The van der Waals surface area contributed by atoms with E-state index in [0.717, 1.165) is 4.57 Å². The van der Waals surface area contributed by atoms with Crippen molar-refractivity contribution in [3.63, 3.8) is 0 Å². The third kappa shape index (κ3) is 3.58. The van der Waals surface area contributed by atoms with Crippen LogP contribution < -0.4 is 26.0 Å². The summed E-state index contributed by atoms with van der Waals surface area (Å²) in [6.07, 6.45) is 1.52. The number of hydrogen-bond donors (Lipinski definition) is 1. The van der Waals surface area contributed by atoms with Crippen LogP contribution in [0.4, 0.5) is 5.69 Å². The lowest BCUT2D eigenvalue weighted by molar-refractivity contribution is -0.113. The van der Waals surface area contributed by atoms with Crippen LogP contribution >= 0.6 is 11.8 Å². The van der Waals surface area contributed by atoms with E-state index in [2.05, 4.69) is 10.3 Å². The zero-order valence-electron chi connectivity index (χ0n) is 15.8. The fourth-order valence-corrected chi connectivity index (χ4v) is 3.88. The Labute approximate surface area is 169 Å². The first-order valence-electron chi connectivity index (χ1n) is 8.83. The van der Waals surface area contributed by atoms with E-state index < -0.39 is 11.2 Å². The van der Waals surface area contributed by atoms with E-state index in [1.54, 1.807) is 31.3 Å². The molecule has 0 fully saturated rings. The number of nitrogens with zero attached hydrogens (tertiary/aromatic N) is 3. The minimum absolute atomic E-state index is 0.0829. The highest BCUT2D eigenvalue weighted by Gasteiger charge is 2.16. The normalized spacial score (nSPS) is 12.8. The van der Waals surface area contributed by atoms with Crippen molar-refractivity contribution >= 4 is 34.4 Å². The molecule has 1 N–H and O–H groups in total. The lowest BCUT2D eigenvalue weighted by Crippen LogP contribution is -2.37. The number of hydrogen-bond acceptors (Lipinski definition) is 7. The fraction of sp³-hybridized carbons (Fsp3) is 0.263. The van der Waals surface area contributed by atoms with E-state index in [1.165, 1.54) is 29.6 Å². The average Bonchev–Trinajstić information content (AvgIpc) is 2.74. The Bertz CT molecular complexity index is 1230. The van der Waals surface area contributed by atoms with Gasteiger partial charge in [-0.15, -0.1) is 11.8 Å². The van der Waals surface area contributed by atoms with Gasteiger partial charge in [-0.1, -0.05) is 0 Å². The standard InChI is InChI=1S/C19H18N4O5S/c1-22-17-16(18(25)23(2)19(22)26)14(5-6-20-17)29-10-15(24)21-11-3-4-12-13(9-11)28-8-7-27-12/h3-6,9H,7-8,10H2,1-2H3,(H,21,24). The second-order valence-corrected chi connectivity index (χ2v) is 7.43. The molecule has 0 unspecified atom stereocenters. The predicted molar refractivity (Wildman–Crippen MR) is 109 cm³/mol. The summed E-state index contributed by atoms with van der Waals surface area (Å²) in [7, 11) is 2.97. The second-order valence-electron chi connectivity index (χ2n) is 6.41. The number of thioether (sulfide) groups is 1. The zero-order chi connectivity index (χ0) is 20.5. The molecular weight excluding hydrogens is 396 g/mol. The topological polar surface area (TPSA) is 104 Å². The largest absolute Gasteiger partial charge is 0.486 e. The highest BCUT2D eigenvalue weighted by atomic mass is 32.2. The number of aromatic nitrogens is 3. The van der Waals surface area contributed by atoms with Crippen molar-refractivity contribution in [1.82, 2.24) is 14.1 Å². The van der Waals surface area contributed by atoms with Gasteiger partial charge in [-0.3, -0.25) is 18.7 Å². The Morgan fingerprint density at radius 3 is 2.69 bits per heavy atom. The highest BCUT2D eigenvalue weighted by molar-refractivity contribution is 8.00. The van der Waals surface area contributed by atoms with Crippen molar-refractivity contribution in [2.75, 3.05) is 24.3 Å². The monoisotopic (exact) mass is 414 g/mol. The van der Waals surface area contributed by atoms with Crippen molar-refractivity contribution in [2.45, 2.75) is 4.90 Å². The summed E-state index contributed by atoms with van der Waals surface area (Å²) in [5.41, 5.74) is -0.00691. The summed E-state index contributed by atoms with van der Waals surface area (Å²) in [4.78, 5) is 41.8. The molecule has 3 aromatic rings. The van der Waals surface area contributed by atoms with E-state index in [9.17, 15) is 14.4 Å². The summed E-state index contributed by atoms with van der Waals surface area (Å²) in [6, 6.07) is 6.86. The number of carbonyl (C=O) groups is 1. The number of amides is 1. The summed E-state index contributed by atoms with van der Waals surface area (Å²) in [5, 5.41) is 3.12. The van der Waals surface area contributed by atoms with Gasteiger partial charge in [0.05, 0.1) is 11.1 Å². The first-order chi connectivity index (χ1) is 14.0. The highest BCUT2D eigenvalue weighted by Crippen LogP contribution is 2.32. The van der Waals surface area contributed by atoms with E-state index in [0.29, 0.717) is 40.7 Å². The minimum Gasteiger partial charge on any atom is -0.486 e. The molecule has 0 aliphatic carbocycles. The van der Waals surface area contributed by atoms with Crippen LogP contribution in [0.3, 0.4) is 0 Å². The number of pyridine rings is 1. The molecule has 1 aliphatic heterocycles. The molecule has 0 saturated heterocycles. The number of carbonyl (C=O) groups excluding carboxylic acids is 1. The maximum Gasteiger partial charge on any atom is 0.332 e. The molecule has 0 saturated carbocycles. The molecule has 0 atom stereocenters. The average molecular weight is 414 g/mol. The maximum absolute atomic E-state index is 12.6. The first kappa shape index (κ1) is 19.1. The summed E-state index contributed by atoms with van der Waals surface area (Å²) < 4.78 is 13.3. The van der Waals surface area contributed by atoms with Gasteiger partial charge in [0.2, 0.25) is 5.91 Å². The van der Waals surface area contributed by atoms with Crippen LogP contribution in [0, 0.1) is 0 Å². The van der Waals surface area contributed by atoms with Crippen LogP contribution in [0.2, 0.25) is 0 Å². The number of benzene rings is 1. The van der Waals surface area contributed by atoms with Gasteiger partial charge in [-0.2, -0.15) is 0 Å². The van der Waals surface area contributed by atoms with Gasteiger partial charge in [0.1, 0.15) is 18.9 Å². The van der Waals surface area contributed by atoms with Crippen LogP contribution in [0.1, 0.15) is 0 Å². The van der Waals surface area contributed by atoms with Crippen molar-refractivity contribution in [3.05, 3.63) is 51.3 Å². The van der Waals surface area contributed by atoms with Crippen molar-refractivity contribution in [3.8, 4) is 11.5 Å². The van der Waals surface area contributed by atoms with E-state index in [4.69, 9.17) is 9.47 Å². The van der Waals surface area contributed by atoms with Crippen molar-refractivity contribution < 1.29 is 14.3 Å². The quantitative estimate of drug-likeness (QED) is 0.638. The Balaban J connectivity index is 1.53. The summed E-state index contributed by atoms with van der Waals surface area (Å²) in [5.74, 6) is 1.08. The third-order valence-electron chi connectivity index (χ3n) is 4.49. The summed E-state index contributed by atoms with van der Waals surface area (Å²) in [6.45, 7) is 0.965. The molecule has 0 spiro atoms. The van der Waals surface area contributed by atoms with Crippen molar-refractivity contribution in [2.24, 2.45) is 14.1 Å². The van der Waals surface area contributed by atoms with E-state index in [-0.39, 0.29) is 17.3 Å². The van der Waals surface area contributed by atoms with Gasteiger partial charge in [-0.05, 0) is 18.2 Å². The molecule has 10 heteroatoms. The second kappa shape index (κ2) is 7.63. The van der Waals surface area contributed by atoms with Crippen molar-refractivity contribution in [1.29, 1.82) is 0 Å². The molecule has 3 heterocycles. The van der Waals surface area contributed by atoms with Gasteiger partial charge in [0.25, 0.3) is 5.56 Å². The SMILES string of the molecule is Cn1c(=O)c2c(SCC(=O)Nc3ccc4c(c3)OCCO4)ccnc2n(C)c1=O. The molecule has 1 aromatic carbocycles. The predicted octanol–water partition coefficient (Wildman–Crippen LogP) is 1.13. The number of fused-ring (bicyclic) bond motifs is 2. The smallest absolute Gasteiger partial charge is 0.332 e. The molecule has 150 valence electrons. The van der Waals surface area contributed by atoms with Gasteiger partial charge >= 0.3 is 5.69 Å². The molecule has 0 radical (unpaired) electrons. The molecule has 2 aromatic heterocycles. The Morgan fingerprint density at radius 1 is 1.14 bits per heavy atom. The molecule has 0 bridgehead atoms. The number of nitrogens with one attached hydrogen (secondary N) is 1. The Morgan fingerprint density at radius 2 is 1.90 bits per heavy atom. The van der Waals surface area contributed by atoms with Gasteiger partial charge < -0.3 is 14.8 Å². The maximum atomic E-state index is 12.6. The number of anilines is 1. The number of rotatable bonds is 4. The Hall–Kier alpha value is -3.27. The van der Waals surface area contributed by atoms with Gasteiger partial charge in [-0.25, -0.2) is 9.78 Å². The molecular formula is C19H18N4O5S. The number of aryl methyl sites for hydroxylation is 1. The summed E-state index contributed by atoms with van der Waals surface area (Å²) >= 11 is 1.21. The first-order valence-corrected chi connectivity index (χ1v) is 9.81. The lowest BCUT2D eigenvalue weighted by Gasteiger charge is -2.19. The molecule has 1 aliphatic rings. The Kier molecular flexibility index (Phi) is 5.01.